The maximum Gasteiger partial charge on any atom is 0.113 e. The summed E-state index contributed by atoms with van der Waals surface area (Å²) in [7, 11) is 0. The summed E-state index contributed by atoms with van der Waals surface area (Å²) in [5.74, 6) is 0.638. The molecule has 0 amide bonds. The van der Waals surface area contributed by atoms with Crippen molar-refractivity contribution in [2.45, 2.75) is 58.2 Å². The largest absolute Gasteiger partial charge is 0.362 e. The smallest absolute Gasteiger partial charge is 0.113 e. The van der Waals surface area contributed by atoms with Crippen LogP contribution >= 0.6 is 0 Å². The van der Waals surface area contributed by atoms with Crippen LogP contribution in [0.15, 0.2) is 0 Å². The minimum Gasteiger partial charge on any atom is -0.362 e. The van der Waals surface area contributed by atoms with Gasteiger partial charge in [0.15, 0.2) is 0 Å². The number of ether oxygens (including phenoxy) is 1. The second-order valence-electron chi connectivity index (χ2n) is 5.04. The highest BCUT2D eigenvalue weighted by Crippen LogP contribution is 2.28. The first-order chi connectivity index (χ1) is 6.79. The van der Waals surface area contributed by atoms with Crippen LogP contribution in [0.25, 0.3) is 0 Å². The summed E-state index contributed by atoms with van der Waals surface area (Å²) in [6.07, 6.45) is 7.48. The van der Waals surface area contributed by atoms with Gasteiger partial charge in [0, 0.05) is 12.6 Å². The molecule has 0 radical (unpaired) electrons. The van der Waals surface area contributed by atoms with Crippen molar-refractivity contribution >= 4 is 0 Å². The predicted octanol–water partition coefficient (Wildman–Crippen LogP) is 2.63. The van der Waals surface area contributed by atoms with E-state index in [1.165, 1.54) is 32.1 Å². The quantitative estimate of drug-likeness (QED) is 0.674. The van der Waals surface area contributed by atoms with Gasteiger partial charge in [-0.2, -0.15) is 0 Å². The second-order valence-corrected chi connectivity index (χ2v) is 5.04. The van der Waals surface area contributed by atoms with E-state index in [0.29, 0.717) is 12.1 Å². The Morgan fingerprint density at radius 3 is 2.50 bits per heavy atom. The Kier molecular flexibility index (Phi) is 3.45. The van der Waals surface area contributed by atoms with Gasteiger partial charge in [-0.15, -0.1) is 0 Å². The first-order valence-electron chi connectivity index (χ1n) is 6.16. The molecule has 1 atom stereocenters. The molecular formula is C12H23NO. The molecule has 1 unspecified atom stereocenters. The fourth-order valence-corrected chi connectivity index (χ4v) is 2.88. The first-order valence-corrected chi connectivity index (χ1v) is 6.16. The fourth-order valence-electron chi connectivity index (χ4n) is 2.88. The highest BCUT2D eigenvalue weighted by atomic mass is 16.5. The molecule has 1 aliphatic carbocycles. The number of nitrogens with zero attached hydrogens (tertiary/aromatic N) is 1. The van der Waals surface area contributed by atoms with Crippen LogP contribution in [0.1, 0.15) is 46.0 Å². The molecule has 0 bridgehead atoms. The van der Waals surface area contributed by atoms with Gasteiger partial charge in [-0.1, -0.05) is 33.1 Å². The van der Waals surface area contributed by atoms with Gasteiger partial charge in [0.2, 0.25) is 0 Å². The lowest BCUT2D eigenvalue weighted by Crippen LogP contribution is -2.43. The second kappa shape index (κ2) is 4.63. The zero-order valence-corrected chi connectivity index (χ0v) is 9.54. The topological polar surface area (TPSA) is 12.5 Å². The molecule has 2 aliphatic rings. The maximum absolute atomic E-state index is 5.81. The van der Waals surface area contributed by atoms with Crippen LogP contribution in [-0.2, 0) is 4.74 Å². The van der Waals surface area contributed by atoms with Crippen molar-refractivity contribution in [3.8, 4) is 0 Å². The maximum atomic E-state index is 5.81. The van der Waals surface area contributed by atoms with Crippen molar-refractivity contribution in [1.29, 1.82) is 0 Å². The zero-order chi connectivity index (χ0) is 9.97. The van der Waals surface area contributed by atoms with E-state index in [1.807, 2.05) is 0 Å². The van der Waals surface area contributed by atoms with Crippen molar-refractivity contribution in [2.24, 2.45) is 5.92 Å². The molecule has 2 nitrogen and oxygen atoms in total. The Bertz CT molecular complexity index is 175. The zero-order valence-electron chi connectivity index (χ0n) is 9.54. The molecule has 14 heavy (non-hydrogen) atoms. The lowest BCUT2D eigenvalue weighted by atomic mass is 9.93. The third kappa shape index (κ3) is 2.12. The summed E-state index contributed by atoms with van der Waals surface area (Å²) in [6, 6.07) is 0.818. The molecule has 0 N–H and O–H groups in total. The van der Waals surface area contributed by atoms with Gasteiger partial charge in [-0.3, -0.25) is 4.90 Å². The summed E-state index contributed by atoms with van der Waals surface area (Å²) in [5.41, 5.74) is 0. The Morgan fingerprint density at radius 2 is 1.86 bits per heavy atom. The standard InChI is InChI=1S/C12H23NO/c1-10(2)12-13(8-9-14-12)11-6-4-3-5-7-11/h10-12H,3-9H2,1-2H3. The van der Waals surface area contributed by atoms with Gasteiger partial charge in [0.05, 0.1) is 6.61 Å². The SMILES string of the molecule is CC(C)C1OCCN1C1CCCCC1. The van der Waals surface area contributed by atoms with E-state index in [-0.39, 0.29) is 0 Å². The number of hydrogen-bond donors (Lipinski definition) is 0. The first kappa shape index (κ1) is 10.4. The van der Waals surface area contributed by atoms with Crippen LogP contribution in [0.5, 0.6) is 0 Å². The van der Waals surface area contributed by atoms with Gasteiger partial charge in [-0.05, 0) is 18.8 Å². The van der Waals surface area contributed by atoms with Crippen LogP contribution in [0.4, 0.5) is 0 Å². The molecule has 0 aromatic carbocycles. The Morgan fingerprint density at radius 1 is 1.14 bits per heavy atom. The van der Waals surface area contributed by atoms with E-state index in [9.17, 15) is 0 Å². The summed E-state index contributed by atoms with van der Waals surface area (Å²) in [4.78, 5) is 2.61. The molecule has 2 rings (SSSR count). The molecule has 1 saturated carbocycles. The number of rotatable bonds is 2. The van der Waals surface area contributed by atoms with Crippen LogP contribution < -0.4 is 0 Å². The van der Waals surface area contributed by atoms with Gasteiger partial charge >= 0.3 is 0 Å². The summed E-state index contributed by atoms with van der Waals surface area (Å²) in [5, 5.41) is 0. The minimum atomic E-state index is 0.401. The van der Waals surface area contributed by atoms with E-state index in [1.54, 1.807) is 0 Å². The van der Waals surface area contributed by atoms with E-state index in [4.69, 9.17) is 4.74 Å². The third-order valence-corrected chi connectivity index (χ3v) is 3.58. The molecule has 1 saturated heterocycles. The van der Waals surface area contributed by atoms with E-state index in [2.05, 4.69) is 18.7 Å². The molecule has 0 aromatic rings. The van der Waals surface area contributed by atoms with Crippen molar-refractivity contribution < 1.29 is 4.74 Å². The normalized spacial score (nSPS) is 31.5. The average Bonchev–Trinajstić information content (AvgIpc) is 2.67. The monoisotopic (exact) mass is 197 g/mol. The lowest BCUT2D eigenvalue weighted by Gasteiger charge is -2.35. The average molecular weight is 197 g/mol. The molecule has 0 spiro atoms. The van der Waals surface area contributed by atoms with Crippen LogP contribution in [-0.4, -0.2) is 30.3 Å². The van der Waals surface area contributed by atoms with Crippen molar-refractivity contribution in [3.05, 3.63) is 0 Å². The molecule has 1 heterocycles. The summed E-state index contributed by atoms with van der Waals surface area (Å²) >= 11 is 0. The highest BCUT2D eigenvalue weighted by Gasteiger charge is 2.33. The molecule has 0 aromatic heterocycles. The third-order valence-electron chi connectivity index (χ3n) is 3.58. The summed E-state index contributed by atoms with van der Waals surface area (Å²) in [6.45, 7) is 6.64. The lowest BCUT2D eigenvalue weighted by molar-refractivity contribution is -0.0272. The van der Waals surface area contributed by atoms with Crippen molar-refractivity contribution in [1.82, 2.24) is 4.90 Å². The Balaban J connectivity index is 1.94. The van der Waals surface area contributed by atoms with E-state index in [0.717, 1.165) is 19.2 Å². The van der Waals surface area contributed by atoms with Crippen molar-refractivity contribution in [2.75, 3.05) is 13.2 Å². The molecular weight excluding hydrogens is 174 g/mol. The minimum absolute atomic E-state index is 0.401. The number of hydrogen-bond acceptors (Lipinski definition) is 2. The Hall–Kier alpha value is -0.0800. The van der Waals surface area contributed by atoms with Crippen LogP contribution in [0.3, 0.4) is 0 Å². The van der Waals surface area contributed by atoms with Gasteiger partial charge in [-0.25, -0.2) is 0 Å². The molecule has 2 heteroatoms. The van der Waals surface area contributed by atoms with Crippen LogP contribution in [0, 0.1) is 5.92 Å². The Labute approximate surface area is 87.6 Å². The molecule has 2 fully saturated rings. The molecule has 82 valence electrons. The van der Waals surface area contributed by atoms with Crippen LogP contribution in [0.2, 0.25) is 0 Å². The summed E-state index contributed by atoms with van der Waals surface area (Å²) < 4.78 is 5.81. The predicted molar refractivity (Wildman–Crippen MR) is 58.2 cm³/mol. The highest BCUT2D eigenvalue weighted by molar-refractivity contribution is 4.82. The van der Waals surface area contributed by atoms with E-state index < -0.39 is 0 Å². The van der Waals surface area contributed by atoms with Gasteiger partial charge < -0.3 is 4.74 Å². The fraction of sp³-hybridized carbons (Fsp3) is 1.00. The van der Waals surface area contributed by atoms with Gasteiger partial charge in [0.25, 0.3) is 0 Å². The van der Waals surface area contributed by atoms with Gasteiger partial charge in [0.1, 0.15) is 6.23 Å². The van der Waals surface area contributed by atoms with E-state index >= 15 is 0 Å². The van der Waals surface area contributed by atoms with Crippen molar-refractivity contribution in [3.63, 3.8) is 0 Å². The molecule has 1 aliphatic heterocycles.